The standard InChI is InChI=1S/C14H17FN2O3/c1-16-13(19)9-4-6-17(7-5-9)14(20)11-8-10(15)2-3-12(11)18/h2-3,8-9,18H,4-7H2,1H3,(H,16,19). The minimum Gasteiger partial charge on any atom is -0.507 e. The highest BCUT2D eigenvalue weighted by atomic mass is 19.1. The third-order valence-electron chi connectivity index (χ3n) is 3.59. The van der Waals surface area contributed by atoms with Crippen LogP contribution in [0.5, 0.6) is 5.75 Å². The Kier molecular flexibility index (Phi) is 4.22. The van der Waals surface area contributed by atoms with E-state index in [-0.39, 0.29) is 23.1 Å². The fourth-order valence-electron chi connectivity index (χ4n) is 2.40. The van der Waals surface area contributed by atoms with Crippen molar-refractivity contribution in [2.24, 2.45) is 5.92 Å². The lowest BCUT2D eigenvalue weighted by molar-refractivity contribution is -0.125. The summed E-state index contributed by atoms with van der Waals surface area (Å²) in [4.78, 5) is 25.3. The Morgan fingerprint density at radius 2 is 2.00 bits per heavy atom. The Bertz CT molecular complexity index is 525. The van der Waals surface area contributed by atoms with Gasteiger partial charge in [0.05, 0.1) is 5.56 Å². The van der Waals surface area contributed by atoms with Gasteiger partial charge >= 0.3 is 0 Å². The first-order chi connectivity index (χ1) is 9.52. The number of piperidine rings is 1. The average Bonchev–Trinajstić information content (AvgIpc) is 2.48. The van der Waals surface area contributed by atoms with E-state index in [1.165, 1.54) is 11.0 Å². The molecule has 1 aliphatic heterocycles. The number of benzene rings is 1. The van der Waals surface area contributed by atoms with Crippen molar-refractivity contribution in [3.05, 3.63) is 29.6 Å². The van der Waals surface area contributed by atoms with Crippen molar-refractivity contribution in [3.8, 4) is 5.75 Å². The molecule has 0 unspecified atom stereocenters. The number of halogens is 1. The van der Waals surface area contributed by atoms with Gasteiger partial charge in [-0.05, 0) is 31.0 Å². The van der Waals surface area contributed by atoms with Crippen LogP contribution in [-0.2, 0) is 4.79 Å². The van der Waals surface area contributed by atoms with Crippen LogP contribution in [0.25, 0.3) is 0 Å². The number of rotatable bonds is 2. The highest BCUT2D eigenvalue weighted by Gasteiger charge is 2.28. The molecule has 1 aromatic rings. The van der Waals surface area contributed by atoms with Gasteiger partial charge in [0, 0.05) is 26.1 Å². The maximum atomic E-state index is 13.2. The van der Waals surface area contributed by atoms with Crippen LogP contribution in [0, 0.1) is 11.7 Å². The number of phenolic OH excluding ortho intramolecular Hbond substituents is 1. The number of nitrogens with zero attached hydrogens (tertiary/aromatic N) is 1. The highest BCUT2D eigenvalue weighted by molar-refractivity contribution is 5.97. The molecule has 2 N–H and O–H groups in total. The predicted molar refractivity (Wildman–Crippen MR) is 70.8 cm³/mol. The van der Waals surface area contributed by atoms with Crippen molar-refractivity contribution in [1.29, 1.82) is 0 Å². The number of carbonyl (C=O) groups excluding carboxylic acids is 2. The van der Waals surface area contributed by atoms with Gasteiger partial charge in [0.1, 0.15) is 11.6 Å². The lowest BCUT2D eigenvalue weighted by Crippen LogP contribution is -2.42. The molecule has 0 atom stereocenters. The van der Waals surface area contributed by atoms with Crippen LogP contribution in [0.4, 0.5) is 4.39 Å². The zero-order valence-corrected chi connectivity index (χ0v) is 11.2. The summed E-state index contributed by atoms with van der Waals surface area (Å²) in [6.07, 6.45) is 1.14. The Hall–Kier alpha value is -2.11. The van der Waals surface area contributed by atoms with Gasteiger partial charge in [-0.15, -0.1) is 0 Å². The van der Waals surface area contributed by atoms with Gasteiger partial charge in [-0.3, -0.25) is 9.59 Å². The lowest BCUT2D eigenvalue weighted by Gasteiger charge is -2.31. The van der Waals surface area contributed by atoms with Crippen molar-refractivity contribution in [2.45, 2.75) is 12.8 Å². The number of phenols is 1. The molecule has 0 radical (unpaired) electrons. The van der Waals surface area contributed by atoms with E-state index in [1.807, 2.05) is 0 Å². The Balaban J connectivity index is 2.05. The van der Waals surface area contributed by atoms with Crippen molar-refractivity contribution < 1.29 is 19.1 Å². The second kappa shape index (κ2) is 5.90. The van der Waals surface area contributed by atoms with Gasteiger partial charge in [0.15, 0.2) is 0 Å². The Morgan fingerprint density at radius 3 is 2.60 bits per heavy atom. The fraction of sp³-hybridized carbons (Fsp3) is 0.429. The van der Waals surface area contributed by atoms with E-state index in [4.69, 9.17) is 0 Å². The van der Waals surface area contributed by atoms with Gasteiger partial charge in [-0.2, -0.15) is 0 Å². The normalized spacial score (nSPS) is 16.0. The summed E-state index contributed by atoms with van der Waals surface area (Å²) in [6.45, 7) is 0.847. The summed E-state index contributed by atoms with van der Waals surface area (Å²) in [6, 6.07) is 3.30. The van der Waals surface area contributed by atoms with Gasteiger partial charge in [-0.1, -0.05) is 0 Å². The molecule has 0 saturated carbocycles. The molecular formula is C14H17FN2O3. The number of hydrogen-bond donors (Lipinski definition) is 2. The van der Waals surface area contributed by atoms with Crippen LogP contribution in [-0.4, -0.2) is 42.0 Å². The molecule has 1 aliphatic rings. The zero-order valence-electron chi connectivity index (χ0n) is 11.2. The van der Waals surface area contributed by atoms with Gasteiger partial charge in [0.2, 0.25) is 5.91 Å². The maximum Gasteiger partial charge on any atom is 0.257 e. The third kappa shape index (κ3) is 2.89. The SMILES string of the molecule is CNC(=O)C1CCN(C(=O)c2cc(F)ccc2O)CC1. The molecule has 2 rings (SSSR count). The monoisotopic (exact) mass is 280 g/mol. The van der Waals surface area contributed by atoms with Gasteiger partial charge < -0.3 is 15.3 Å². The summed E-state index contributed by atoms with van der Waals surface area (Å²) in [5, 5.41) is 12.2. The van der Waals surface area contributed by atoms with Crippen LogP contribution >= 0.6 is 0 Å². The van der Waals surface area contributed by atoms with Crippen LogP contribution < -0.4 is 5.32 Å². The summed E-state index contributed by atoms with van der Waals surface area (Å²) in [5.74, 6) is -1.32. The van der Waals surface area contributed by atoms with Crippen LogP contribution in [0.3, 0.4) is 0 Å². The molecule has 2 amide bonds. The molecule has 0 aliphatic carbocycles. The Morgan fingerprint density at radius 1 is 1.35 bits per heavy atom. The van der Waals surface area contributed by atoms with Crippen molar-refractivity contribution in [3.63, 3.8) is 0 Å². The zero-order chi connectivity index (χ0) is 14.7. The molecule has 1 heterocycles. The minimum absolute atomic E-state index is 0.0225. The van der Waals surface area contributed by atoms with E-state index in [9.17, 15) is 19.1 Å². The van der Waals surface area contributed by atoms with E-state index in [0.717, 1.165) is 12.1 Å². The minimum atomic E-state index is -0.564. The predicted octanol–water partition coefficient (Wildman–Crippen LogP) is 1.13. The van der Waals surface area contributed by atoms with Crippen LogP contribution in [0.15, 0.2) is 18.2 Å². The van der Waals surface area contributed by atoms with Gasteiger partial charge in [0.25, 0.3) is 5.91 Å². The van der Waals surface area contributed by atoms with Crippen molar-refractivity contribution in [1.82, 2.24) is 10.2 Å². The van der Waals surface area contributed by atoms with E-state index in [0.29, 0.717) is 25.9 Å². The summed E-state index contributed by atoms with van der Waals surface area (Å²) >= 11 is 0. The summed E-state index contributed by atoms with van der Waals surface area (Å²) in [7, 11) is 1.59. The summed E-state index contributed by atoms with van der Waals surface area (Å²) < 4.78 is 13.2. The molecule has 0 bridgehead atoms. The molecular weight excluding hydrogens is 263 g/mol. The molecule has 1 saturated heterocycles. The van der Waals surface area contributed by atoms with E-state index < -0.39 is 11.7 Å². The number of amides is 2. The quantitative estimate of drug-likeness (QED) is 0.853. The fourth-order valence-corrected chi connectivity index (χ4v) is 2.40. The third-order valence-corrected chi connectivity index (χ3v) is 3.59. The topological polar surface area (TPSA) is 69.6 Å². The molecule has 108 valence electrons. The van der Waals surface area contributed by atoms with Crippen LogP contribution in [0.1, 0.15) is 23.2 Å². The lowest BCUT2D eigenvalue weighted by atomic mass is 9.95. The second-order valence-electron chi connectivity index (χ2n) is 4.84. The second-order valence-corrected chi connectivity index (χ2v) is 4.84. The van der Waals surface area contributed by atoms with E-state index >= 15 is 0 Å². The maximum absolute atomic E-state index is 13.2. The first kappa shape index (κ1) is 14.3. The first-order valence-corrected chi connectivity index (χ1v) is 6.52. The van der Waals surface area contributed by atoms with Gasteiger partial charge in [-0.25, -0.2) is 4.39 Å². The highest BCUT2D eigenvalue weighted by Crippen LogP contribution is 2.23. The van der Waals surface area contributed by atoms with E-state index in [1.54, 1.807) is 7.05 Å². The van der Waals surface area contributed by atoms with Crippen molar-refractivity contribution in [2.75, 3.05) is 20.1 Å². The number of nitrogens with one attached hydrogen (secondary N) is 1. The largest absolute Gasteiger partial charge is 0.507 e. The smallest absolute Gasteiger partial charge is 0.257 e. The molecule has 1 aromatic carbocycles. The molecule has 5 nitrogen and oxygen atoms in total. The first-order valence-electron chi connectivity index (χ1n) is 6.52. The summed E-state index contributed by atoms with van der Waals surface area (Å²) in [5.41, 5.74) is -0.0385. The van der Waals surface area contributed by atoms with Crippen LogP contribution in [0.2, 0.25) is 0 Å². The number of carbonyl (C=O) groups is 2. The van der Waals surface area contributed by atoms with E-state index in [2.05, 4.69) is 5.32 Å². The Labute approximate surface area is 116 Å². The molecule has 0 aromatic heterocycles. The number of hydrogen-bond acceptors (Lipinski definition) is 3. The molecule has 6 heteroatoms. The number of likely N-dealkylation sites (tertiary alicyclic amines) is 1. The number of aromatic hydroxyl groups is 1. The van der Waals surface area contributed by atoms with Crippen molar-refractivity contribution >= 4 is 11.8 Å². The average molecular weight is 280 g/mol. The molecule has 20 heavy (non-hydrogen) atoms. The molecule has 0 spiro atoms. The molecule has 1 fully saturated rings.